The van der Waals surface area contributed by atoms with Crippen LogP contribution < -0.4 is 5.32 Å². The van der Waals surface area contributed by atoms with E-state index in [2.05, 4.69) is 37.4 Å². The smallest absolute Gasteiger partial charge is 0.320 e. The number of nitrogens with one attached hydrogen (secondary N) is 1. The van der Waals surface area contributed by atoms with E-state index in [-0.39, 0.29) is 6.03 Å². The van der Waals surface area contributed by atoms with Gasteiger partial charge < -0.3 is 10.2 Å². The second-order valence-corrected chi connectivity index (χ2v) is 5.80. The van der Waals surface area contributed by atoms with Crippen LogP contribution in [-0.4, -0.2) is 17.5 Å². The van der Waals surface area contributed by atoms with Crippen LogP contribution in [0.25, 0.3) is 0 Å². The van der Waals surface area contributed by atoms with Crippen molar-refractivity contribution < 1.29 is 4.79 Å². The molecule has 0 heterocycles. The maximum Gasteiger partial charge on any atom is 0.322 e. The monoisotopic (exact) mass is 310 g/mol. The molecule has 1 N–H and O–H groups in total. The number of rotatable bonds is 6. The highest BCUT2D eigenvalue weighted by Gasteiger charge is 2.15. The minimum absolute atomic E-state index is 0.0281. The summed E-state index contributed by atoms with van der Waals surface area (Å²) in [5.41, 5.74) is 4.38. The number of carbonyl (C=O) groups is 1. The zero-order chi connectivity index (χ0) is 16.7. The van der Waals surface area contributed by atoms with Gasteiger partial charge in [-0.1, -0.05) is 62.4 Å². The first-order valence-corrected chi connectivity index (χ1v) is 8.34. The van der Waals surface area contributed by atoms with Crippen LogP contribution in [0.5, 0.6) is 0 Å². The fraction of sp³-hybridized carbons (Fsp3) is 0.350. The Labute approximate surface area is 139 Å². The molecule has 0 saturated heterocycles. The Morgan fingerprint density at radius 1 is 1.04 bits per heavy atom. The predicted octanol–water partition coefficient (Wildman–Crippen LogP) is 5.00. The minimum atomic E-state index is -0.0281. The summed E-state index contributed by atoms with van der Waals surface area (Å²) in [5, 5.41) is 3.12. The van der Waals surface area contributed by atoms with Gasteiger partial charge in [0.25, 0.3) is 0 Å². The summed E-state index contributed by atoms with van der Waals surface area (Å²) in [6.45, 7) is 7.62. The van der Waals surface area contributed by atoms with Gasteiger partial charge in [-0.05, 0) is 36.5 Å². The van der Waals surface area contributed by atoms with Crippen molar-refractivity contribution in [2.24, 2.45) is 0 Å². The van der Waals surface area contributed by atoms with Crippen molar-refractivity contribution in [1.29, 1.82) is 0 Å². The summed E-state index contributed by atoms with van der Waals surface area (Å²) in [6.07, 6.45) is 1.85. The van der Waals surface area contributed by atoms with Gasteiger partial charge >= 0.3 is 6.03 Å². The third-order valence-electron chi connectivity index (χ3n) is 3.97. The minimum Gasteiger partial charge on any atom is -0.320 e. The van der Waals surface area contributed by atoms with Crippen molar-refractivity contribution >= 4 is 11.7 Å². The molecule has 0 fully saturated rings. The molecule has 0 unspecified atom stereocenters. The summed E-state index contributed by atoms with van der Waals surface area (Å²) in [7, 11) is 0. The van der Waals surface area contributed by atoms with Gasteiger partial charge in [0, 0.05) is 18.8 Å². The summed E-state index contributed by atoms with van der Waals surface area (Å²) >= 11 is 0. The molecule has 3 nitrogen and oxygen atoms in total. The Morgan fingerprint density at radius 3 is 2.43 bits per heavy atom. The summed E-state index contributed by atoms with van der Waals surface area (Å²) in [6, 6.07) is 16.2. The van der Waals surface area contributed by atoms with E-state index in [0.29, 0.717) is 6.54 Å². The molecular weight excluding hydrogens is 284 g/mol. The first-order chi connectivity index (χ1) is 11.2. The molecule has 122 valence electrons. The van der Waals surface area contributed by atoms with Crippen molar-refractivity contribution in [2.75, 3.05) is 11.9 Å². The number of aryl methyl sites for hydroxylation is 2. The number of nitrogens with zero attached hydrogens (tertiary/aromatic N) is 1. The molecule has 3 heteroatoms. The van der Waals surface area contributed by atoms with Gasteiger partial charge in [-0.15, -0.1) is 0 Å². The SMILES string of the molecule is CCCN(Cc1ccccc1)C(=O)Nc1c(C)cccc1CC. The van der Waals surface area contributed by atoms with E-state index in [9.17, 15) is 4.79 Å². The van der Waals surface area contributed by atoms with Crippen LogP contribution in [-0.2, 0) is 13.0 Å². The first kappa shape index (κ1) is 17.1. The number of anilines is 1. The molecule has 0 aliphatic rings. The molecule has 2 aromatic rings. The highest BCUT2D eigenvalue weighted by Crippen LogP contribution is 2.22. The zero-order valence-corrected chi connectivity index (χ0v) is 14.3. The molecule has 2 aromatic carbocycles. The standard InChI is InChI=1S/C20H26N2O/c1-4-14-22(15-17-11-7-6-8-12-17)20(23)21-19-16(3)10-9-13-18(19)5-2/h6-13H,4-5,14-15H2,1-3H3,(H,21,23). The molecule has 0 saturated carbocycles. The highest BCUT2D eigenvalue weighted by molar-refractivity contribution is 5.91. The molecule has 0 bridgehead atoms. The average Bonchev–Trinajstić information content (AvgIpc) is 2.57. The Kier molecular flexibility index (Phi) is 6.21. The van der Waals surface area contributed by atoms with Gasteiger partial charge in [-0.3, -0.25) is 0 Å². The lowest BCUT2D eigenvalue weighted by Gasteiger charge is -2.24. The third kappa shape index (κ3) is 4.59. The van der Waals surface area contributed by atoms with Crippen molar-refractivity contribution in [1.82, 2.24) is 4.90 Å². The van der Waals surface area contributed by atoms with Crippen molar-refractivity contribution in [3.63, 3.8) is 0 Å². The summed E-state index contributed by atoms with van der Waals surface area (Å²) in [4.78, 5) is 14.6. The quantitative estimate of drug-likeness (QED) is 0.800. The number of para-hydroxylation sites is 1. The van der Waals surface area contributed by atoms with Gasteiger partial charge in [-0.25, -0.2) is 4.79 Å². The van der Waals surface area contributed by atoms with E-state index in [1.165, 1.54) is 5.56 Å². The third-order valence-corrected chi connectivity index (χ3v) is 3.97. The maximum absolute atomic E-state index is 12.7. The van der Waals surface area contributed by atoms with Crippen LogP contribution in [0.1, 0.15) is 37.0 Å². The second-order valence-electron chi connectivity index (χ2n) is 5.80. The number of carbonyl (C=O) groups excluding carboxylic acids is 1. The normalized spacial score (nSPS) is 10.4. The van der Waals surface area contributed by atoms with Gasteiger partial charge in [0.1, 0.15) is 0 Å². The van der Waals surface area contributed by atoms with Gasteiger partial charge in [-0.2, -0.15) is 0 Å². The van der Waals surface area contributed by atoms with E-state index in [0.717, 1.165) is 36.2 Å². The lowest BCUT2D eigenvalue weighted by Crippen LogP contribution is -2.35. The molecule has 0 aliphatic carbocycles. The molecule has 0 atom stereocenters. The van der Waals surface area contributed by atoms with E-state index >= 15 is 0 Å². The first-order valence-electron chi connectivity index (χ1n) is 8.34. The molecule has 23 heavy (non-hydrogen) atoms. The predicted molar refractivity (Wildman–Crippen MR) is 96.7 cm³/mol. The Hall–Kier alpha value is -2.29. The molecule has 2 rings (SSSR count). The number of hydrogen-bond donors (Lipinski definition) is 1. The number of urea groups is 1. The van der Waals surface area contributed by atoms with E-state index in [1.807, 2.05) is 42.2 Å². The van der Waals surface area contributed by atoms with Crippen molar-refractivity contribution in [3.05, 3.63) is 65.2 Å². The van der Waals surface area contributed by atoms with E-state index in [4.69, 9.17) is 0 Å². The Morgan fingerprint density at radius 2 is 1.78 bits per heavy atom. The maximum atomic E-state index is 12.7. The van der Waals surface area contributed by atoms with Crippen LogP contribution in [0.3, 0.4) is 0 Å². The van der Waals surface area contributed by atoms with Crippen molar-refractivity contribution in [3.8, 4) is 0 Å². The molecule has 0 aromatic heterocycles. The highest BCUT2D eigenvalue weighted by atomic mass is 16.2. The molecule has 2 amide bonds. The number of amides is 2. The van der Waals surface area contributed by atoms with Crippen LogP contribution >= 0.6 is 0 Å². The van der Waals surface area contributed by atoms with Gasteiger partial charge in [0.05, 0.1) is 0 Å². The summed E-state index contributed by atoms with van der Waals surface area (Å²) in [5.74, 6) is 0. The Balaban J connectivity index is 2.15. The molecule has 0 spiro atoms. The molecule has 0 radical (unpaired) electrons. The zero-order valence-electron chi connectivity index (χ0n) is 14.3. The Bertz CT molecular complexity index is 637. The fourth-order valence-electron chi connectivity index (χ4n) is 2.71. The number of benzene rings is 2. The van der Waals surface area contributed by atoms with E-state index < -0.39 is 0 Å². The lowest BCUT2D eigenvalue weighted by atomic mass is 10.1. The average molecular weight is 310 g/mol. The number of hydrogen-bond acceptors (Lipinski definition) is 1. The molecule has 0 aliphatic heterocycles. The van der Waals surface area contributed by atoms with Gasteiger partial charge in [0.2, 0.25) is 0 Å². The fourth-order valence-corrected chi connectivity index (χ4v) is 2.71. The van der Waals surface area contributed by atoms with Crippen LogP contribution in [0, 0.1) is 6.92 Å². The lowest BCUT2D eigenvalue weighted by molar-refractivity contribution is 0.209. The van der Waals surface area contributed by atoms with Crippen LogP contribution in [0.2, 0.25) is 0 Å². The van der Waals surface area contributed by atoms with Crippen LogP contribution in [0.15, 0.2) is 48.5 Å². The van der Waals surface area contributed by atoms with Gasteiger partial charge in [0.15, 0.2) is 0 Å². The topological polar surface area (TPSA) is 32.3 Å². The largest absolute Gasteiger partial charge is 0.322 e. The van der Waals surface area contributed by atoms with Crippen LogP contribution in [0.4, 0.5) is 10.5 Å². The van der Waals surface area contributed by atoms with E-state index in [1.54, 1.807) is 0 Å². The summed E-state index contributed by atoms with van der Waals surface area (Å²) < 4.78 is 0. The second kappa shape index (κ2) is 8.37. The molecular formula is C20H26N2O. The van der Waals surface area contributed by atoms with Crippen molar-refractivity contribution in [2.45, 2.75) is 40.2 Å².